The van der Waals surface area contributed by atoms with Gasteiger partial charge in [0.1, 0.15) is 0 Å². The summed E-state index contributed by atoms with van der Waals surface area (Å²) < 4.78 is 0. The minimum Gasteiger partial charge on any atom is -0.478 e. The third-order valence-electron chi connectivity index (χ3n) is 3.54. The van der Waals surface area contributed by atoms with Gasteiger partial charge >= 0.3 is 11.9 Å². The molecule has 2 N–H and O–H groups in total. The molecule has 0 radical (unpaired) electrons. The van der Waals surface area contributed by atoms with Crippen molar-refractivity contribution in [2.45, 2.75) is 0 Å². The molecule has 0 saturated carbocycles. The third kappa shape index (κ3) is 5.26. The molecule has 0 amide bonds. The lowest BCUT2D eigenvalue weighted by Crippen LogP contribution is -2.09. The second kappa shape index (κ2) is 9.31. The van der Waals surface area contributed by atoms with Crippen LogP contribution in [0.3, 0.4) is 0 Å². The zero-order chi connectivity index (χ0) is 19.8. The minimum absolute atomic E-state index is 0.0290. The summed E-state index contributed by atoms with van der Waals surface area (Å²) in [5, 5.41) is 17.8. The number of carbonyl (C=O) groups is 3. The summed E-state index contributed by atoms with van der Waals surface area (Å²) in [4.78, 5) is 33.5. The molecular formula is C21H15ClO5. The maximum atomic E-state index is 12.1. The molecule has 3 aromatic rings. The van der Waals surface area contributed by atoms with Crippen molar-refractivity contribution in [3.63, 3.8) is 0 Å². The number of carboxylic acids is 2. The molecule has 0 bridgehead atoms. The standard InChI is InChI=1S/C14H10O3.C7H5ClO2/c15-13(10-6-2-1-3-7-10)11-8-4-5-9-12(11)14(16)17;8-6-4-2-1-3-5(6)7(9)10/h1-9H,(H,16,17);1-4H,(H,9,10). The van der Waals surface area contributed by atoms with Gasteiger partial charge in [-0.05, 0) is 18.2 Å². The number of benzene rings is 3. The van der Waals surface area contributed by atoms with Crippen molar-refractivity contribution in [3.8, 4) is 0 Å². The lowest BCUT2D eigenvalue weighted by Gasteiger charge is -2.04. The Kier molecular flexibility index (Phi) is 6.86. The SMILES string of the molecule is O=C(O)c1ccccc1C(=O)c1ccccc1.O=C(O)c1ccccc1Cl. The number of hydrogen-bond acceptors (Lipinski definition) is 3. The molecule has 136 valence electrons. The van der Waals surface area contributed by atoms with Gasteiger partial charge in [-0.15, -0.1) is 0 Å². The topological polar surface area (TPSA) is 91.7 Å². The van der Waals surface area contributed by atoms with Crippen molar-refractivity contribution in [2.24, 2.45) is 0 Å². The highest BCUT2D eigenvalue weighted by atomic mass is 35.5. The van der Waals surface area contributed by atoms with E-state index in [0.29, 0.717) is 5.56 Å². The van der Waals surface area contributed by atoms with Crippen molar-refractivity contribution < 1.29 is 24.6 Å². The lowest BCUT2D eigenvalue weighted by molar-refractivity contribution is 0.0684. The highest BCUT2D eigenvalue weighted by Crippen LogP contribution is 2.15. The lowest BCUT2D eigenvalue weighted by atomic mass is 9.98. The molecule has 0 aromatic heterocycles. The number of rotatable bonds is 4. The Bertz CT molecular complexity index is 967. The Labute approximate surface area is 160 Å². The summed E-state index contributed by atoms with van der Waals surface area (Å²) in [6.07, 6.45) is 0. The van der Waals surface area contributed by atoms with E-state index in [2.05, 4.69) is 0 Å². The summed E-state index contributed by atoms with van der Waals surface area (Å²) in [5.41, 5.74) is 0.873. The molecule has 0 saturated heterocycles. The number of ketones is 1. The molecule has 0 heterocycles. The Morgan fingerprint density at radius 2 is 1.04 bits per heavy atom. The van der Waals surface area contributed by atoms with Crippen molar-refractivity contribution in [1.29, 1.82) is 0 Å². The quantitative estimate of drug-likeness (QED) is 0.640. The minimum atomic E-state index is -1.09. The molecule has 0 aliphatic rings. The van der Waals surface area contributed by atoms with E-state index >= 15 is 0 Å². The summed E-state index contributed by atoms with van der Waals surface area (Å²) in [7, 11) is 0. The van der Waals surface area contributed by atoms with Crippen LogP contribution in [-0.4, -0.2) is 27.9 Å². The molecule has 0 unspecified atom stereocenters. The number of hydrogen-bond donors (Lipinski definition) is 2. The molecule has 0 spiro atoms. The number of halogens is 1. The van der Waals surface area contributed by atoms with Crippen LogP contribution >= 0.6 is 11.6 Å². The smallest absolute Gasteiger partial charge is 0.337 e. The molecular weight excluding hydrogens is 368 g/mol. The van der Waals surface area contributed by atoms with Crippen LogP contribution in [0.2, 0.25) is 5.02 Å². The van der Waals surface area contributed by atoms with E-state index in [0.717, 1.165) is 0 Å². The first-order valence-electron chi connectivity index (χ1n) is 7.81. The van der Waals surface area contributed by atoms with Gasteiger partial charge in [0.2, 0.25) is 0 Å². The molecule has 0 fully saturated rings. The Hall–Kier alpha value is -3.44. The van der Waals surface area contributed by atoms with Gasteiger partial charge in [-0.3, -0.25) is 4.79 Å². The average molecular weight is 383 g/mol. The van der Waals surface area contributed by atoms with Gasteiger partial charge in [0.25, 0.3) is 0 Å². The van der Waals surface area contributed by atoms with Crippen LogP contribution in [0.15, 0.2) is 78.9 Å². The Morgan fingerprint density at radius 1 is 0.593 bits per heavy atom. The first-order valence-corrected chi connectivity index (χ1v) is 8.19. The summed E-state index contributed by atoms with van der Waals surface area (Å²) in [6, 6.07) is 21.2. The van der Waals surface area contributed by atoms with E-state index in [-0.39, 0.29) is 27.5 Å². The van der Waals surface area contributed by atoms with E-state index in [4.69, 9.17) is 21.8 Å². The third-order valence-corrected chi connectivity index (χ3v) is 3.87. The summed E-state index contributed by atoms with van der Waals surface area (Å²) in [5.74, 6) is -2.36. The van der Waals surface area contributed by atoms with Gasteiger partial charge in [0.05, 0.1) is 16.1 Å². The predicted octanol–water partition coefficient (Wildman–Crippen LogP) is 4.65. The van der Waals surface area contributed by atoms with Crippen LogP contribution in [-0.2, 0) is 0 Å². The van der Waals surface area contributed by atoms with Crippen LogP contribution in [0.5, 0.6) is 0 Å². The van der Waals surface area contributed by atoms with Crippen molar-refractivity contribution in [3.05, 3.63) is 106 Å². The van der Waals surface area contributed by atoms with Gasteiger partial charge < -0.3 is 10.2 Å². The number of aromatic carboxylic acids is 2. The van der Waals surface area contributed by atoms with Gasteiger partial charge in [-0.2, -0.15) is 0 Å². The Balaban J connectivity index is 0.000000223. The molecule has 0 aliphatic heterocycles. The van der Waals surface area contributed by atoms with Crippen LogP contribution in [0.25, 0.3) is 0 Å². The zero-order valence-corrected chi connectivity index (χ0v) is 14.8. The molecule has 0 atom stereocenters. The van der Waals surface area contributed by atoms with Crippen molar-refractivity contribution in [1.82, 2.24) is 0 Å². The van der Waals surface area contributed by atoms with Crippen LogP contribution in [0, 0.1) is 0 Å². The number of carboxylic acid groups (broad SMARTS) is 2. The monoisotopic (exact) mass is 382 g/mol. The molecule has 27 heavy (non-hydrogen) atoms. The van der Waals surface area contributed by atoms with Crippen LogP contribution in [0.4, 0.5) is 0 Å². The number of carbonyl (C=O) groups excluding carboxylic acids is 1. The highest BCUT2D eigenvalue weighted by Gasteiger charge is 2.16. The first-order chi connectivity index (χ1) is 12.9. The first kappa shape index (κ1) is 19.9. The van der Waals surface area contributed by atoms with E-state index in [1.54, 1.807) is 60.7 Å². The molecule has 6 heteroatoms. The molecule has 5 nitrogen and oxygen atoms in total. The van der Waals surface area contributed by atoms with Gasteiger partial charge in [-0.25, -0.2) is 9.59 Å². The van der Waals surface area contributed by atoms with Gasteiger partial charge in [0, 0.05) is 11.1 Å². The second-order valence-corrected chi connectivity index (χ2v) is 5.74. The molecule has 3 aromatic carbocycles. The average Bonchev–Trinajstić information content (AvgIpc) is 2.68. The van der Waals surface area contributed by atoms with Gasteiger partial charge in [0.15, 0.2) is 5.78 Å². The van der Waals surface area contributed by atoms with E-state index < -0.39 is 11.9 Å². The van der Waals surface area contributed by atoms with Crippen LogP contribution < -0.4 is 0 Å². The van der Waals surface area contributed by atoms with E-state index in [1.807, 2.05) is 0 Å². The molecule has 3 rings (SSSR count). The maximum Gasteiger partial charge on any atom is 0.337 e. The fourth-order valence-corrected chi connectivity index (χ4v) is 2.46. The van der Waals surface area contributed by atoms with E-state index in [1.165, 1.54) is 18.2 Å². The Morgan fingerprint density at radius 3 is 1.52 bits per heavy atom. The van der Waals surface area contributed by atoms with Crippen molar-refractivity contribution in [2.75, 3.05) is 0 Å². The predicted molar refractivity (Wildman–Crippen MR) is 102 cm³/mol. The fourth-order valence-electron chi connectivity index (χ4n) is 2.25. The zero-order valence-electron chi connectivity index (χ0n) is 14.0. The largest absolute Gasteiger partial charge is 0.478 e. The van der Waals surface area contributed by atoms with Crippen molar-refractivity contribution >= 4 is 29.3 Å². The van der Waals surface area contributed by atoms with Crippen LogP contribution in [0.1, 0.15) is 36.6 Å². The summed E-state index contributed by atoms with van der Waals surface area (Å²) >= 11 is 5.54. The van der Waals surface area contributed by atoms with Gasteiger partial charge in [-0.1, -0.05) is 72.3 Å². The fraction of sp³-hybridized carbons (Fsp3) is 0. The normalized spacial score (nSPS) is 9.67. The molecule has 0 aliphatic carbocycles. The van der Waals surface area contributed by atoms with E-state index in [9.17, 15) is 14.4 Å². The summed E-state index contributed by atoms with van der Waals surface area (Å²) in [6.45, 7) is 0. The maximum absolute atomic E-state index is 12.1. The second-order valence-electron chi connectivity index (χ2n) is 5.33. The highest BCUT2D eigenvalue weighted by molar-refractivity contribution is 6.33.